The van der Waals surface area contributed by atoms with Crippen LogP contribution in [0.1, 0.15) is 42.5 Å². The monoisotopic (exact) mass is 273 g/mol. The molecule has 17 heavy (non-hydrogen) atoms. The minimum Gasteiger partial charge on any atom is -0.459 e. The first-order chi connectivity index (χ1) is 8.16. The molecule has 1 saturated carbocycles. The maximum atomic E-state index is 11.8. The van der Waals surface area contributed by atoms with E-state index in [9.17, 15) is 4.79 Å². The van der Waals surface area contributed by atoms with Crippen LogP contribution in [-0.4, -0.2) is 17.1 Å². The second kappa shape index (κ2) is 5.69. The molecule has 1 aromatic rings. The van der Waals surface area contributed by atoms with Crippen molar-refractivity contribution >= 4 is 29.2 Å². The van der Waals surface area contributed by atoms with Gasteiger partial charge in [-0.15, -0.1) is 0 Å². The van der Waals surface area contributed by atoms with Crippen LogP contribution in [0, 0.1) is 0 Å². The Balaban J connectivity index is 2.01. The molecular weight excluding hydrogens is 261 g/mol. The molecular formula is C12H13Cl2NO2. The quantitative estimate of drug-likeness (QED) is 0.607. The molecule has 1 fully saturated rings. The van der Waals surface area contributed by atoms with Crippen molar-refractivity contribution in [3.8, 4) is 0 Å². The Bertz CT molecular complexity index is 417. The molecule has 1 aliphatic rings. The Morgan fingerprint density at radius 2 is 2.00 bits per heavy atom. The molecule has 5 heteroatoms. The van der Waals surface area contributed by atoms with Gasteiger partial charge in [-0.05, 0) is 31.7 Å². The summed E-state index contributed by atoms with van der Waals surface area (Å²) in [7, 11) is 0. The largest absolute Gasteiger partial charge is 0.459 e. The van der Waals surface area contributed by atoms with Crippen molar-refractivity contribution < 1.29 is 9.53 Å². The first-order valence-electron chi connectivity index (χ1n) is 5.69. The highest BCUT2D eigenvalue weighted by molar-refractivity contribution is 6.41. The van der Waals surface area contributed by atoms with E-state index < -0.39 is 0 Å². The van der Waals surface area contributed by atoms with Gasteiger partial charge in [-0.25, -0.2) is 9.78 Å². The second-order valence-corrected chi connectivity index (χ2v) is 4.93. The van der Waals surface area contributed by atoms with E-state index >= 15 is 0 Å². The molecule has 0 saturated heterocycles. The lowest BCUT2D eigenvalue weighted by Gasteiger charge is -2.21. The van der Waals surface area contributed by atoms with Crippen molar-refractivity contribution in [2.75, 3.05) is 0 Å². The number of hydrogen-bond donors (Lipinski definition) is 0. The third kappa shape index (κ3) is 3.33. The van der Waals surface area contributed by atoms with Crippen LogP contribution in [0.4, 0.5) is 0 Å². The highest BCUT2D eigenvalue weighted by atomic mass is 35.5. The van der Waals surface area contributed by atoms with E-state index in [0.717, 1.165) is 25.7 Å². The summed E-state index contributed by atoms with van der Waals surface area (Å²) >= 11 is 11.5. The predicted molar refractivity (Wildman–Crippen MR) is 66.5 cm³/mol. The second-order valence-electron chi connectivity index (χ2n) is 4.16. The lowest BCUT2D eigenvalue weighted by molar-refractivity contribution is 0.0210. The van der Waals surface area contributed by atoms with Crippen LogP contribution in [-0.2, 0) is 4.74 Å². The van der Waals surface area contributed by atoms with Crippen molar-refractivity contribution in [1.29, 1.82) is 0 Å². The van der Waals surface area contributed by atoms with Crippen LogP contribution < -0.4 is 0 Å². The number of pyridine rings is 1. The topological polar surface area (TPSA) is 39.2 Å². The standard InChI is InChI=1S/C12H13Cl2NO2/c13-10-6-8(7-15-11(10)14)12(16)17-9-4-2-1-3-5-9/h6-7,9H,1-5H2. The minimum absolute atomic E-state index is 0.0331. The highest BCUT2D eigenvalue weighted by Gasteiger charge is 2.19. The predicted octanol–water partition coefficient (Wildman–Crippen LogP) is 3.88. The van der Waals surface area contributed by atoms with Crippen molar-refractivity contribution in [1.82, 2.24) is 4.98 Å². The SMILES string of the molecule is O=C(OC1CCCCC1)c1cnc(Cl)c(Cl)c1. The minimum atomic E-state index is -0.372. The van der Waals surface area contributed by atoms with Crippen molar-refractivity contribution in [2.45, 2.75) is 38.2 Å². The van der Waals surface area contributed by atoms with Crippen molar-refractivity contribution in [3.05, 3.63) is 28.0 Å². The summed E-state index contributed by atoms with van der Waals surface area (Å²) in [5.41, 5.74) is 0.352. The van der Waals surface area contributed by atoms with Crippen LogP contribution in [0.15, 0.2) is 12.3 Å². The van der Waals surface area contributed by atoms with E-state index in [0.29, 0.717) is 5.56 Å². The van der Waals surface area contributed by atoms with E-state index in [1.165, 1.54) is 18.7 Å². The number of esters is 1. The molecule has 0 spiro atoms. The Morgan fingerprint density at radius 3 is 2.65 bits per heavy atom. The molecule has 0 aromatic carbocycles. The fourth-order valence-electron chi connectivity index (χ4n) is 1.94. The fraction of sp³-hybridized carbons (Fsp3) is 0.500. The molecule has 0 unspecified atom stereocenters. The number of rotatable bonds is 2. The van der Waals surface area contributed by atoms with Crippen LogP contribution in [0.3, 0.4) is 0 Å². The molecule has 2 rings (SSSR count). The molecule has 0 radical (unpaired) electrons. The molecule has 0 amide bonds. The summed E-state index contributed by atoms with van der Waals surface area (Å²) in [4.78, 5) is 15.6. The van der Waals surface area contributed by atoms with Gasteiger partial charge in [-0.1, -0.05) is 29.6 Å². The van der Waals surface area contributed by atoms with Gasteiger partial charge in [0, 0.05) is 6.20 Å². The summed E-state index contributed by atoms with van der Waals surface area (Å²) < 4.78 is 5.39. The van der Waals surface area contributed by atoms with E-state index in [2.05, 4.69) is 4.98 Å². The molecule has 1 aromatic heterocycles. The van der Waals surface area contributed by atoms with E-state index in [4.69, 9.17) is 27.9 Å². The van der Waals surface area contributed by atoms with E-state index in [-0.39, 0.29) is 22.2 Å². The maximum absolute atomic E-state index is 11.8. The molecule has 0 bridgehead atoms. The summed E-state index contributed by atoms with van der Waals surface area (Å²) in [5.74, 6) is -0.372. The van der Waals surface area contributed by atoms with E-state index in [1.54, 1.807) is 0 Å². The third-order valence-corrected chi connectivity index (χ3v) is 3.54. The van der Waals surface area contributed by atoms with Gasteiger partial charge in [0.2, 0.25) is 0 Å². The smallest absolute Gasteiger partial charge is 0.340 e. The summed E-state index contributed by atoms with van der Waals surface area (Å²) in [5, 5.41) is 0.464. The zero-order valence-electron chi connectivity index (χ0n) is 9.29. The first-order valence-corrected chi connectivity index (χ1v) is 6.44. The van der Waals surface area contributed by atoms with Crippen molar-refractivity contribution in [3.63, 3.8) is 0 Å². The number of ether oxygens (including phenoxy) is 1. The lowest BCUT2D eigenvalue weighted by Crippen LogP contribution is -2.21. The van der Waals surface area contributed by atoms with Crippen LogP contribution in [0.5, 0.6) is 0 Å². The van der Waals surface area contributed by atoms with Gasteiger partial charge >= 0.3 is 5.97 Å². The number of aromatic nitrogens is 1. The van der Waals surface area contributed by atoms with E-state index in [1.807, 2.05) is 0 Å². The molecule has 92 valence electrons. The van der Waals surface area contributed by atoms with Crippen LogP contribution in [0.2, 0.25) is 10.2 Å². The van der Waals surface area contributed by atoms with Crippen LogP contribution >= 0.6 is 23.2 Å². The van der Waals surface area contributed by atoms with Gasteiger partial charge in [-0.3, -0.25) is 0 Å². The number of halogens is 2. The molecule has 0 N–H and O–H groups in total. The van der Waals surface area contributed by atoms with Gasteiger partial charge in [0.15, 0.2) is 0 Å². The number of nitrogens with zero attached hydrogens (tertiary/aromatic N) is 1. The fourth-order valence-corrected chi connectivity index (χ4v) is 2.20. The average Bonchev–Trinajstić information content (AvgIpc) is 2.34. The average molecular weight is 274 g/mol. The Morgan fingerprint density at radius 1 is 1.29 bits per heavy atom. The zero-order chi connectivity index (χ0) is 12.3. The summed E-state index contributed by atoms with van der Waals surface area (Å²) in [6.45, 7) is 0. The summed E-state index contributed by atoms with van der Waals surface area (Å²) in [6, 6.07) is 1.49. The molecule has 0 aliphatic heterocycles. The van der Waals surface area contributed by atoms with Gasteiger partial charge in [0.1, 0.15) is 11.3 Å². The molecule has 3 nitrogen and oxygen atoms in total. The number of carbonyl (C=O) groups excluding carboxylic acids is 1. The Labute approximate surface area is 110 Å². The number of carbonyl (C=O) groups is 1. The van der Waals surface area contributed by atoms with Gasteiger partial charge in [0.25, 0.3) is 0 Å². The number of hydrogen-bond acceptors (Lipinski definition) is 3. The molecule has 1 heterocycles. The molecule has 0 atom stereocenters. The van der Waals surface area contributed by atoms with Gasteiger partial charge in [-0.2, -0.15) is 0 Å². The van der Waals surface area contributed by atoms with Gasteiger partial charge < -0.3 is 4.74 Å². The zero-order valence-corrected chi connectivity index (χ0v) is 10.8. The highest BCUT2D eigenvalue weighted by Crippen LogP contribution is 2.23. The Hall–Kier alpha value is -0.800. The normalized spacial score (nSPS) is 16.8. The maximum Gasteiger partial charge on any atom is 0.340 e. The molecule has 1 aliphatic carbocycles. The van der Waals surface area contributed by atoms with Crippen molar-refractivity contribution in [2.24, 2.45) is 0 Å². The Kier molecular flexibility index (Phi) is 4.24. The lowest BCUT2D eigenvalue weighted by atomic mass is 9.98. The van der Waals surface area contributed by atoms with Crippen LogP contribution in [0.25, 0.3) is 0 Å². The first kappa shape index (κ1) is 12.7. The summed E-state index contributed by atoms with van der Waals surface area (Å²) in [6.07, 6.45) is 6.78. The third-order valence-electron chi connectivity index (χ3n) is 2.86. The van der Waals surface area contributed by atoms with Gasteiger partial charge in [0.05, 0.1) is 10.6 Å².